The summed E-state index contributed by atoms with van der Waals surface area (Å²) in [5.41, 5.74) is 1.56. The van der Waals surface area contributed by atoms with Crippen LogP contribution in [0.1, 0.15) is 17.5 Å². The van der Waals surface area contributed by atoms with Crippen molar-refractivity contribution in [1.82, 2.24) is 4.72 Å². The molecule has 0 unspecified atom stereocenters. The van der Waals surface area contributed by atoms with Crippen LogP contribution in [0.15, 0.2) is 23.1 Å². The third kappa shape index (κ3) is 4.50. The largest absolute Gasteiger partial charge is 0.480 e. The van der Waals surface area contributed by atoms with Crippen LogP contribution in [0.25, 0.3) is 0 Å². The molecule has 0 fully saturated rings. The quantitative estimate of drug-likeness (QED) is 0.801. The Morgan fingerprint density at radius 3 is 2.55 bits per heavy atom. The predicted molar refractivity (Wildman–Crippen MR) is 80.7 cm³/mol. The monoisotopic (exact) mass is 317 g/mol. The summed E-state index contributed by atoms with van der Waals surface area (Å²) >= 11 is 1.48. The molecule has 0 radical (unpaired) electrons. The maximum atomic E-state index is 12.3. The van der Waals surface area contributed by atoms with Gasteiger partial charge in [0.15, 0.2) is 0 Å². The van der Waals surface area contributed by atoms with Crippen LogP contribution in [-0.2, 0) is 14.8 Å². The molecule has 0 saturated carbocycles. The van der Waals surface area contributed by atoms with E-state index in [-0.39, 0.29) is 11.3 Å². The molecule has 0 spiro atoms. The molecule has 5 nitrogen and oxygen atoms in total. The molecule has 7 heteroatoms. The van der Waals surface area contributed by atoms with E-state index in [4.69, 9.17) is 5.11 Å². The minimum Gasteiger partial charge on any atom is -0.480 e. The van der Waals surface area contributed by atoms with Gasteiger partial charge in [-0.15, -0.1) is 0 Å². The van der Waals surface area contributed by atoms with E-state index in [9.17, 15) is 13.2 Å². The van der Waals surface area contributed by atoms with E-state index in [2.05, 4.69) is 4.72 Å². The van der Waals surface area contributed by atoms with Crippen LogP contribution >= 0.6 is 11.8 Å². The van der Waals surface area contributed by atoms with Gasteiger partial charge in [-0.3, -0.25) is 4.79 Å². The van der Waals surface area contributed by atoms with Gasteiger partial charge in [0, 0.05) is 0 Å². The molecule has 20 heavy (non-hydrogen) atoms. The molecule has 0 saturated heterocycles. The summed E-state index contributed by atoms with van der Waals surface area (Å²) in [6.45, 7) is 3.56. The molecule has 0 bridgehead atoms. The zero-order valence-electron chi connectivity index (χ0n) is 11.7. The lowest BCUT2D eigenvalue weighted by Crippen LogP contribution is -2.41. The second-order valence-electron chi connectivity index (χ2n) is 4.56. The van der Waals surface area contributed by atoms with Gasteiger partial charge in [-0.1, -0.05) is 17.7 Å². The second kappa shape index (κ2) is 7.10. The maximum Gasteiger partial charge on any atom is 0.321 e. The Morgan fingerprint density at radius 2 is 2.05 bits per heavy atom. The highest BCUT2D eigenvalue weighted by molar-refractivity contribution is 7.98. The number of aryl methyl sites for hydroxylation is 2. The third-order valence-electron chi connectivity index (χ3n) is 2.83. The molecule has 1 rings (SSSR count). The lowest BCUT2D eigenvalue weighted by Gasteiger charge is -2.15. The smallest absolute Gasteiger partial charge is 0.321 e. The Bertz CT molecular complexity index is 584. The van der Waals surface area contributed by atoms with Crippen molar-refractivity contribution in [1.29, 1.82) is 0 Å². The van der Waals surface area contributed by atoms with Crippen molar-refractivity contribution in [3.8, 4) is 0 Å². The minimum absolute atomic E-state index is 0.124. The van der Waals surface area contributed by atoms with Crippen molar-refractivity contribution in [3.63, 3.8) is 0 Å². The zero-order valence-corrected chi connectivity index (χ0v) is 13.3. The molecule has 1 aromatic carbocycles. The fraction of sp³-hybridized carbons (Fsp3) is 0.462. The molecule has 0 aliphatic rings. The number of carboxylic acid groups (broad SMARTS) is 1. The van der Waals surface area contributed by atoms with E-state index in [0.717, 1.165) is 5.56 Å². The van der Waals surface area contributed by atoms with Crippen molar-refractivity contribution in [2.75, 3.05) is 12.0 Å². The minimum atomic E-state index is -3.82. The predicted octanol–water partition coefficient (Wildman–Crippen LogP) is 1.79. The molecule has 112 valence electrons. The van der Waals surface area contributed by atoms with Gasteiger partial charge in [0.25, 0.3) is 0 Å². The van der Waals surface area contributed by atoms with Crippen LogP contribution in [0, 0.1) is 13.8 Å². The Kier molecular flexibility index (Phi) is 6.04. The number of hydrogen-bond acceptors (Lipinski definition) is 4. The van der Waals surface area contributed by atoms with E-state index in [1.54, 1.807) is 19.1 Å². The Balaban J connectivity index is 3.00. The molecule has 2 N–H and O–H groups in total. The number of carbonyl (C=O) groups is 1. The summed E-state index contributed by atoms with van der Waals surface area (Å²) in [6.07, 6.45) is 2.10. The fourth-order valence-corrected chi connectivity index (χ4v) is 3.74. The van der Waals surface area contributed by atoms with Crippen molar-refractivity contribution in [3.05, 3.63) is 29.3 Å². The average Bonchev–Trinajstić information content (AvgIpc) is 2.33. The molecule has 0 amide bonds. The topological polar surface area (TPSA) is 83.5 Å². The van der Waals surface area contributed by atoms with Crippen LogP contribution in [0.2, 0.25) is 0 Å². The number of hydrogen-bond donors (Lipinski definition) is 2. The first-order chi connectivity index (χ1) is 9.27. The first kappa shape index (κ1) is 17.0. The maximum absolute atomic E-state index is 12.3. The summed E-state index contributed by atoms with van der Waals surface area (Å²) in [5.74, 6) is -0.584. The van der Waals surface area contributed by atoms with Crippen LogP contribution in [0.3, 0.4) is 0 Å². The summed E-state index contributed by atoms with van der Waals surface area (Å²) in [4.78, 5) is 11.2. The van der Waals surface area contributed by atoms with E-state index in [1.165, 1.54) is 17.8 Å². The van der Waals surface area contributed by atoms with Gasteiger partial charge in [0.1, 0.15) is 6.04 Å². The summed E-state index contributed by atoms with van der Waals surface area (Å²) < 4.78 is 26.8. The zero-order chi connectivity index (χ0) is 15.3. The number of benzene rings is 1. The standard InChI is InChI=1S/C13H19NO4S2/c1-9-4-5-12(10(2)8-9)20(17,18)14-11(13(15)16)6-7-19-3/h4-5,8,11,14H,6-7H2,1-3H3,(H,15,16)/t11-/m0/s1. The van der Waals surface area contributed by atoms with Crippen LogP contribution in [0.5, 0.6) is 0 Å². The molecule has 1 atom stereocenters. The summed E-state index contributed by atoms with van der Waals surface area (Å²) in [6, 6.07) is 3.85. The van der Waals surface area contributed by atoms with E-state index < -0.39 is 22.0 Å². The molecule has 0 aromatic heterocycles. The average molecular weight is 317 g/mol. The number of rotatable bonds is 7. The first-order valence-corrected chi connectivity index (χ1v) is 8.97. The van der Waals surface area contributed by atoms with Gasteiger partial charge in [0.05, 0.1) is 4.90 Å². The Labute approximate surface area is 123 Å². The molecule has 0 heterocycles. The molecular weight excluding hydrogens is 298 g/mol. The van der Waals surface area contributed by atoms with Crippen molar-refractivity contribution < 1.29 is 18.3 Å². The highest BCUT2D eigenvalue weighted by Gasteiger charge is 2.25. The second-order valence-corrected chi connectivity index (χ2v) is 7.23. The number of nitrogens with one attached hydrogen (secondary N) is 1. The van der Waals surface area contributed by atoms with Gasteiger partial charge < -0.3 is 5.11 Å². The van der Waals surface area contributed by atoms with Gasteiger partial charge in [0.2, 0.25) is 10.0 Å². The first-order valence-electron chi connectivity index (χ1n) is 6.09. The normalized spacial score (nSPS) is 13.2. The van der Waals surface area contributed by atoms with Crippen molar-refractivity contribution in [2.24, 2.45) is 0 Å². The summed E-state index contributed by atoms with van der Waals surface area (Å²) in [5, 5.41) is 9.09. The lowest BCUT2D eigenvalue weighted by molar-refractivity contribution is -0.139. The number of sulfonamides is 1. The highest BCUT2D eigenvalue weighted by atomic mass is 32.2. The van der Waals surface area contributed by atoms with E-state index in [0.29, 0.717) is 11.3 Å². The van der Waals surface area contributed by atoms with Gasteiger partial charge >= 0.3 is 5.97 Å². The third-order valence-corrected chi connectivity index (χ3v) is 5.10. The highest BCUT2D eigenvalue weighted by Crippen LogP contribution is 2.17. The van der Waals surface area contributed by atoms with E-state index in [1.807, 2.05) is 13.2 Å². The number of thioether (sulfide) groups is 1. The molecule has 1 aromatic rings. The van der Waals surface area contributed by atoms with Crippen molar-refractivity contribution in [2.45, 2.75) is 31.2 Å². The Morgan fingerprint density at radius 1 is 1.40 bits per heavy atom. The fourth-order valence-electron chi connectivity index (χ4n) is 1.82. The van der Waals surface area contributed by atoms with Gasteiger partial charge in [-0.2, -0.15) is 16.5 Å². The Hall–Kier alpha value is -1.05. The lowest BCUT2D eigenvalue weighted by atomic mass is 10.2. The summed E-state index contributed by atoms with van der Waals surface area (Å²) in [7, 11) is -3.82. The van der Waals surface area contributed by atoms with Crippen LogP contribution in [0.4, 0.5) is 0 Å². The van der Waals surface area contributed by atoms with Crippen molar-refractivity contribution >= 4 is 27.8 Å². The number of aliphatic carboxylic acids is 1. The SMILES string of the molecule is CSCC[C@H](NS(=O)(=O)c1ccc(C)cc1C)C(=O)O. The van der Waals surface area contributed by atoms with Gasteiger partial charge in [-0.05, 0) is 43.9 Å². The van der Waals surface area contributed by atoms with Crippen LogP contribution in [-0.4, -0.2) is 37.5 Å². The number of carboxylic acids is 1. The van der Waals surface area contributed by atoms with Crippen LogP contribution < -0.4 is 4.72 Å². The molecule has 0 aliphatic heterocycles. The van der Waals surface area contributed by atoms with Gasteiger partial charge in [-0.25, -0.2) is 8.42 Å². The molecule has 0 aliphatic carbocycles. The van der Waals surface area contributed by atoms with E-state index >= 15 is 0 Å². The molecular formula is C13H19NO4S2.